The van der Waals surface area contributed by atoms with Crippen LogP contribution in [0.4, 0.5) is 11.4 Å². The minimum Gasteiger partial charge on any atom is -0.346 e. The molecule has 14 rings (SSSR count). The third-order valence-corrected chi connectivity index (χ3v) is 17.6. The summed E-state index contributed by atoms with van der Waals surface area (Å²) in [5.41, 5.74) is 19.6. The summed E-state index contributed by atoms with van der Waals surface area (Å²) in [4.78, 5) is 28.8. The quantitative estimate of drug-likeness (QED) is 0.185. The number of hydrogen-bond donors (Lipinski definition) is 2. The molecule has 2 aromatic heterocycles. The summed E-state index contributed by atoms with van der Waals surface area (Å²) in [6.07, 6.45) is 1.71. The summed E-state index contributed by atoms with van der Waals surface area (Å²) in [6, 6.07) is 69.4. The summed E-state index contributed by atoms with van der Waals surface area (Å²) < 4.78 is 4.60. The van der Waals surface area contributed by atoms with E-state index >= 15 is 0 Å². The van der Waals surface area contributed by atoms with Crippen LogP contribution < -0.4 is 10.6 Å². The summed E-state index contributed by atoms with van der Waals surface area (Å²) in [7, 11) is 4.28. The van der Waals surface area contributed by atoms with Gasteiger partial charge < -0.3 is 19.8 Å². The van der Waals surface area contributed by atoms with Crippen molar-refractivity contribution in [2.75, 3.05) is 10.6 Å². The first-order chi connectivity index (χ1) is 36.0. The Morgan fingerprint density at radius 2 is 0.703 bits per heavy atom. The van der Waals surface area contributed by atoms with Gasteiger partial charge in [0.1, 0.15) is 10.8 Å². The molecule has 4 aliphatic rings. The van der Waals surface area contributed by atoms with E-state index < -0.39 is 10.8 Å². The van der Waals surface area contributed by atoms with Crippen molar-refractivity contribution < 1.29 is 9.59 Å². The maximum absolute atomic E-state index is 14.4. The van der Waals surface area contributed by atoms with E-state index in [0.29, 0.717) is 0 Å². The topological polar surface area (TPSA) is 68.1 Å². The van der Waals surface area contributed by atoms with E-state index in [9.17, 15) is 9.59 Å². The van der Waals surface area contributed by atoms with Crippen LogP contribution in [0.25, 0.3) is 21.8 Å². The molecule has 8 aromatic carbocycles. The van der Waals surface area contributed by atoms with Crippen LogP contribution >= 0.6 is 0 Å². The van der Waals surface area contributed by atoms with E-state index in [2.05, 4.69) is 231 Å². The van der Waals surface area contributed by atoms with Gasteiger partial charge in [-0.25, -0.2) is 0 Å². The standard InChI is InChI=1S/2C34H30N2O/c2*1-21-12-16-23(17-13-21)26-20-28(24-18-14-22(2)15-19-24)34(27-9-5-6-10-29(27)35-33(34)37)32-31(26)25-8-4-7-11-30(25)36(32)3/h2*4-19,26,28H,20H2,1-3H3,(H,35,37)/t2*26-,28+,34-/m10/s1. The number of carbonyl (C=O) groups excluding carboxylic acids is 2. The van der Waals surface area contributed by atoms with Crippen molar-refractivity contribution in [1.29, 1.82) is 0 Å². The third kappa shape index (κ3) is 6.56. The molecule has 0 saturated heterocycles. The molecule has 0 radical (unpaired) electrons. The van der Waals surface area contributed by atoms with Crippen molar-refractivity contribution in [2.24, 2.45) is 14.1 Å². The Labute approximate surface area is 433 Å². The molecular formula is C68H60N4O2. The second-order valence-corrected chi connectivity index (χ2v) is 21.6. The molecule has 2 spiro atoms. The van der Waals surface area contributed by atoms with Crippen LogP contribution in [0.2, 0.25) is 0 Å². The average molecular weight is 965 g/mol. The Balaban J connectivity index is 0.000000143. The lowest BCUT2D eigenvalue weighted by atomic mass is 9.57. The summed E-state index contributed by atoms with van der Waals surface area (Å²) in [6.45, 7) is 8.51. The Kier molecular flexibility index (Phi) is 10.6. The average Bonchev–Trinajstić information content (AvgIpc) is 4.10. The van der Waals surface area contributed by atoms with Gasteiger partial charge in [0.25, 0.3) is 0 Å². The molecular weight excluding hydrogens is 905 g/mol. The van der Waals surface area contributed by atoms with Crippen molar-refractivity contribution in [3.63, 3.8) is 0 Å². The molecule has 2 aliphatic carbocycles. The Bertz CT molecular complexity index is 3610. The Morgan fingerprint density at radius 3 is 1.07 bits per heavy atom. The number of para-hydroxylation sites is 4. The predicted octanol–water partition coefficient (Wildman–Crippen LogP) is 14.7. The van der Waals surface area contributed by atoms with Crippen molar-refractivity contribution in [3.05, 3.63) is 272 Å². The fraction of sp³-hybridized carbons (Fsp3) is 0.206. The van der Waals surface area contributed by atoms with E-state index in [1.165, 1.54) is 77.4 Å². The highest BCUT2D eigenvalue weighted by Gasteiger charge is 2.61. The first kappa shape index (κ1) is 45.6. The van der Waals surface area contributed by atoms with E-state index in [1.54, 1.807) is 0 Å². The molecule has 2 amide bonds. The maximum atomic E-state index is 14.4. The number of aryl methyl sites for hydroxylation is 6. The molecule has 4 heterocycles. The number of rotatable bonds is 4. The number of amides is 2. The smallest absolute Gasteiger partial charge is 0.241 e. The lowest BCUT2D eigenvalue weighted by molar-refractivity contribution is -0.121. The number of hydrogen-bond acceptors (Lipinski definition) is 2. The van der Waals surface area contributed by atoms with E-state index in [-0.39, 0.29) is 35.5 Å². The van der Waals surface area contributed by atoms with Gasteiger partial charge in [0, 0.05) is 82.3 Å². The normalized spacial score (nSPS) is 22.2. The van der Waals surface area contributed by atoms with Crippen molar-refractivity contribution >= 4 is 45.0 Å². The first-order valence-corrected chi connectivity index (χ1v) is 26.2. The summed E-state index contributed by atoms with van der Waals surface area (Å²) in [5.74, 6) is 0.484. The molecule has 0 unspecified atom stereocenters. The summed E-state index contributed by atoms with van der Waals surface area (Å²) >= 11 is 0. The molecule has 2 aliphatic heterocycles. The Hall–Kier alpha value is -8.22. The zero-order valence-electron chi connectivity index (χ0n) is 42.9. The van der Waals surface area contributed by atoms with E-state index in [1.807, 2.05) is 24.3 Å². The van der Waals surface area contributed by atoms with Gasteiger partial charge in [-0.15, -0.1) is 0 Å². The lowest BCUT2D eigenvalue weighted by Gasteiger charge is -2.44. The number of anilines is 2. The van der Waals surface area contributed by atoms with Crippen LogP contribution in [0.5, 0.6) is 0 Å². The highest BCUT2D eigenvalue weighted by atomic mass is 16.2. The van der Waals surface area contributed by atoms with Crippen LogP contribution in [0, 0.1) is 27.7 Å². The van der Waals surface area contributed by atoms with Crippen LogP contribution in [0.3, 0.4) is 0 Å². The molecule has 0 fully saturated rings. The van der Waals surface area contributed by atoms with Crippen molar-refractivity contribution in [3.8, 4) is 0 Å². The number of nitrogens with one attached hydrogen (secondary N) is 2. The fourth-order valence-corrected chi connectivity index (χ4v) is 14.2. The minimum absolute atomic E-state index is 0.0152. The highest BCUT2D eigenvalue weighted by Crippen LogP contribution is 2.63. The number of fused-ring (bicyclic) bond motifs is 12. The molecule has 74 heavy (non-hydrogen) atoms. The first-order valence-electron chi connectivity index (χ1n) is 26.2. The van der Waals surface area contributed by atoms with Crippen molar-refractivity contribution in [2.45, 2.75) is 75.0 Å². The van der Waals surface area contributed by atoms with Crippen LogP contribution in [-0.4, -0.2) is 20.9 Å². The monoisotopic (exact) mass is 964 g/mol. The summed E-state index contributed by atoms with van der Waals surface area (Å²) in [5, 5.41) is 9.06. The van der Waals surface area contributed by atoms with Gasteiger partial charge in [0.05, 0.1) is 0 Å². The largest absolute Gasteiger partial charge is 0.346 e. The Morgan fingerprint density at radius 1 is 0.392 bits per heavy atom. The van der Waals surface area contributed by atoms with Gasteiger partial charge in [-0.3, -0.25) is 9.59 Å². The fourth-order valence-electron chi connectivity index (χ4n) is 14.2. The van der Waals surface area contributed by atoms with Gasteiger partial charge in [-0.1, -0.05) is 192 Å². The molecule has 6 atom stereocenters. The molecule has 0 bridgehead atoms. The zero-order chi connectivity index (χ0) is 50.6. The molecule has 10 aromatic rings. The third-order valence-electron chi connectivity index (χ3n) is 17.6. The van der Waals surface area contributed by atoms with Crippen LogP contribution in [0.1, 0.15) is 115 Å². The molecule has 364 valence electrons. The molecule has 6 nitrogen and oxygen atoms in total. The number of benzene rings is 8. The van der Waals surface area contributed by atoms with Gasteiger partial charge in [0.2, 0.25) is 11.8 Å². The minimum atomic E-state index is -0.809. The zero-order valence-corrected chi connectivity index (χ0v) is 42.9. The number of nitrogens with zero attached hydrogens (tertiary/aromatic N) is 2. The lowest BCUT2D eigenvalue weighted by Crippen LogP contribution is -2.47. The van der Waals surface area contributed by atoms with E-state index in [0.717, 1.165) is 46.7 Å². The van der Waals surface area contributed by atoms with Crippen LogP contribution in [0.15, 0.2) is 194 Å². The molecule has 2 N–H and O–H groups in total. The van der Waals surface area contributed by atoms with Gasteiger partial charge in [0.15, 0.2) is 0 Å². The second kappa shape index (κ2) is 17.2. The maximum Gasteiger partial charge on any atom is 0.241 e. The molecule has 6 heteroatoms. The molecule has 0 saturated carbocycles. The second-order valence-electron chi connectivity index (χ2n) is 21.6. The van der Waals surface area contributed by atoms with Gasteiger partial charge >= 0.3 is 0 Å². The van der Waals surface area contributed by atoms with Gasteiger partial charge in [-0.2, -0.15) is 0 Å². The number of carbonyl (C=O) groups is 2. The predicted molar refractivity (Wildman–Crippen MR) is 301 cm³/mol. The van der Waals surface area contributed by atoms with Crippen molar-refractivity contribution in [1.82, 2.24) is 9.13 Å². The SMILES string of the molecule is Cc1ccc([C@@H]2C[C@H](c3ccc(C)cc3)[C@]3(C(=O)Nc4ccccc43)c3c2c2ccccc2n3C)cc1.Cc1ccc([C@H]2C[C@@H](c3ccc(C)cc3)[C@@]3(C(=O)Nc4ccccc43)c3c2c2ccccc2n3C)cc1. The number of aromatic nitrogens is 2. The highest BCUT2D eigenvalue weighted by molar-refractivity contribution is 6.12. The van der Waals surface area contributed by atoms with Gasteiger partial charge in [-0.05, 0) is 109 Å². The van der Waals surface area contributed by atoms with E-state index in [4.69, 9.17) is 0 Å². The van der Waals surface area contributed by atoms with Crippen LogP contribution in [-0.2, 0) is 34.5 Å².